The van der Waals surface area contributed by atoms with Crippen molar-refractivity contribution in [3.05, 3.63) is 0 Å². The van der Waals surface area contributed by atoms with Crippen molar-refractivity contribution in [1.82, 2.24) is 0 Å². The molecule has 4 nitrogen and oxygen atoms in total. The Morgan fingerprint density at radius 1 is 0.800 bits per heavy atom. The van der Waals surface area contributed by atoms with Crippen LogP contribution in [0.1, 0.15) is 0 Å². The maximum Gasteiger partial charge on any atom is -0.0285 e. The first-order valence-corrected chi connectivity index (χ1v) is 0.655. The number of rotatable bonds is 0. The molecule has 5 heavy (non-hydrogen) atoms. The third-order valence-corrected chi connectivity index (χ3v) is 0. The predicted octanol–water partition coefficient (Wildman–Crippen LogP) is -2.38. The molecule has 0 heterocycles. The van der Waals surface area contributed by atoms with Gasteiger partial charge in [0.05, 0.1) is 0 Å². The van der Waals surface area contributed by atoms with Gasteiger partial charge in [-0.15, -0.1) is 0 Å². The molecule has 0 aromatic carbocycles. The lowest BCUT2D eigenvalue weighted by molar-refractivity contribution is 0.823. The highest BCUT2D eigenvalue weighted by molar-refractivity contribution is 6.11. The Labute approximate surface area is 34.6 Å². The van der Waals surface area contributed by atoms with E-state index in [4.69, 9.17) is 0 Å². The second kappa shape index (κ2) is 2390. The van der Waals surface area contributed by atoms with Crippen molar-refractivity contribution >= 4 is 11.8 Å². The van der Waals surface area contributed by atoms with Crippen LogP contribution in [-0.4, -0.2) is 16.4 Å². The molecule has 0 fully saturated rings. The van der Waals surface area contributed by atoms with Crippen molar-refractivity contribution in [2.45, 2.75) is 0 Å². The Bertz CT molecular complexity index is 6.85. The van der Waals surface area contributed by atoms with E-state index >= 15 is 0 Å². The SMILES string of the molecule is NCl.O.O.O. The minimum absolute atomic E-state index is 0. The van der Waals surface area contributed by atoms with Crippen LogP contribution in [0.2, 0.25) is 0 Å². The second-order valence-electron chi connectivity index (χ2n) is 0. The van der Waals surface area contributed by atoms with Crippen LogP contribution in [0.4, 0.5) is 0 Å². The third kappa shape index (κ3) is 1110. The fourth-order valence-corrected chi connectivity index (χ4v) is 0. The summed E-state index contributed by atoms with van der Waals surface area (Å²) in [5.41, 5.74) is 0. The predicted molar refractivity (Wildman–Crippen MR) is 20.9 cm³/mol. The number of hydrogen-bond donors (Lipinski definition) is 1. The summed E-state index contributed by atoms with van der Waals surface area (Å²) >= 11 is 4.14. The molecule has 0 amide bonds. The summed E-state index contributed by atoms with van der Waals surface area (Å²) in [7, 11) is 0. The van der Waals surface area contributed by atoms with Crippen molar-refractivity contribution in [3.63, 3.8) is 0 Å². The molecule has 0 saturated heterocycles. The first kappa shape index (κ1) is 68.5. The molecule has 0 aliphatic heterocycles. The van der Waals surface area contributed by atoms with Crippen LogP contribution in [-0.2, 0) is 0 Å². The normalized spacial score (nSPS) is 1.20. The van der Waals surface area contributed by atoms with Gasteiger partial charge in [0.15, 0.2) is 0 Å². The third-order valence-electron chi connectivity index (χ3n) is 0. The molecule has 0 radical (unpaired) electrons. The molecule has 0 atom stereocenters. The Balaban J connectivity index is -0.00000000167. The zero-order chi connectivity index (χ0) is 2.00. The van der Waals surface area contributed by atoms with Crippen LogP contribution >= 0.6 is 11.8 Å². The lowest BCUT2D eigenvalue weighted by Gasteiger charge is -1.14. The average molecular weight is 106 g/mol. The van der Waals surface area contributed by atoms with E-state index in [-0.39, 0.29) is 16.4 Å². The first-order chi connectivity index (χ1) is 1.00. The smallest absolute Gasteiger partial charge is 0.0285 e. The van der Waals surface area contributed by atoms with Crippen LogP contribution in [0.5, 0.6) is 0 Å². The lowest BCUT2D eigenvalue weighted by Crippen LogP contribution is -1.48. The molecule has 0 rings (SSSR count). The number of hydrogen-bond acceptors (Lipinski definition) is 1. The average Bonchev–Trinajstić information content (AvgIpc) is 1.00. The van der Waals surface area contributed by atoms with Crippen LogP contribution in [0.15, 0.2) is 0 Å². The molecule has 38 valence electrons. The highest BCUT2D eigenvalue weighted by atomic mass is 35.5. The number of nitrogens with two attached hydrogens (primary N) is 1. The summed E-state index contributed by atoms with van der Waals surface area (Å²) in [4.78, 5) is 0. The highest BCUT2D eigenvalue weighted by Crippen LogP contribution is 1.15. The molecule has 0 aromatic heterocycles. The standard InChI is InChI=1S/ClH2N.3H2O/c1-2;;;/h2H2;3*1H2. The van der Waals surface area contributed by atoms with E-state index in [0.717, 1.165) is 0 Å². The van der Waals surface area contributed by atoms with Gasteiger partial charge in [-0.2, -0.15) is 0 Å². The van der Waals surface area contributed by atoms with Crippen LogP contribution in [0.3, 0.4) is 0 Å². The molecule has 5 heteroatoms. The van der Waals surface area contributed by atoms with Crippen LogP contribution < -0.4 is 5.25 Å². The molecule has 8 N–H and O–H groups in total. The Morgan fingerprint density at radius 3 is 0.800 bits per heavy atom. The van der Waals surface area contributed by atoms with Crippen LogP contribution in [0.25, 0.3) is 0 Å². The van der Waals surface area contributed by atoms with Gasteiger partial charge in [0.1, 0.15) is 0 Å². The largest absolute Gasteiger partial charge is 0.412 e. The minimum atomic E-state index is 0. The quantitative estimate of drug-likeness (QED) is 0.340. The first-order valence-electron chi connectivity index (χ1n) is 0.218. The highest BCUT2D eigenvalue weighted by Gasteiger charge is 0.868. The van der Waals surface area contributed by atoms with E-state index in [1.165, 1.54) is 0 Å². The maximum atomic E-state index is 4.14. The summed E-state index contributed by atoms with van der Waals surface area (Å²) < 4.78 is 0. The molecule has 0 spiro atoms. The molecule has 0 aliphatic rings. The topological polar surface area (TPSA) is 121 Å². The molecule has 0 aromatic rings. The van der Waals surface area contributed by atoms with Crippen molar-refractivity contribution in [2.75, 3.05) is 0 Å². The van der Waals surface area contributed by atoms with E-state index in [9.17, 15) is 0 Å². The Hall–Kier alpha value is 0.130. The van der Waals surface area contributed by atoms with E-state index in [1.54, 1.807) is 0 Å². The number of halogens is 1. The molecule has 0 aliphatic carbocycles. The monoisotopic (exact) mass is 105 g/mol. The summed E-state index contributed by atoms with van der Waals surface area (Å²) in [6, 6.07) is 0. The van der Waals surface area contributed by atoms with Crippen molar-refractivity contribution in [1.29, 1.82) is 0 Å². The summed E-state index contributed by atoms with van der Waals surface area (Å²) in [5.74, 6) is 0. The Kier molecular flexibility index (Phi) is 32800. The van der Waals surface area contributed by atoms with Gasteiger partial charge in [0.25, 0.3) is 0 Å². The summed E-state index contributed by atoms with van der Waals surface area (Å²) in [6.07, 6.45) is 0. The van der Waals surface area contributed by atoms with Gasteiger partial charge in [-0.3, -0.25) is 0 Å². The van der Waals surface area contributed by atoms with Crippen LogP contribution in [0, 0.1) is 0 Å². The lowest BCUT2D eigenvalue weighted by atomic mass is 14.0. The second-order valence-corrected chi connectivity index (χ2v) is 0. The van der Waals surface area contributed by atoms with Gasteiger partial charge in [-0.25, -0.2) is 5.25 Å². The van der Waals surface area contributed by atoms with E-state index in [2.05, 4.69) is 17.0 Å². The zero-order valence-corrected chi connectivity index (χ0v) is 3.21. The van der Waals surface area contributed by atoms with Crippen molar-refractivity contribution < 1.29 is 16.4 Å². The molecule has 0 saturated carbocycles. The molecular weight excluding hydrogens is 97.5 g/mol. The zero-order valence-electron chi connectivity index (χ0n) is 2.46. The van der Waals surface area contributed by atoms with Crippen molar-refractivity contribution in [2.24, 2.45) is 5.25 Å². The minimum Gasteiger partial charge on any atom is -0.412 e. The van der Waals surface area contributed by atoms with Gasteiger partial charge in [-0.05, 0) is 11.8 Å². The fourth-order valence-electron chi connectivity index (χ4n) is 0. The van der Waals surface area contributed by atoms with Gasteiger partial charge in [-0.1, -0.05) is 0 Å². The van der Waals surface area contributed by atoms with Gasteiger partial charge in [0, 0.05) is 0 Å². The molecular formula is H8ClNO3. The van der Waals surface area contributed by atoms with Crippen molar-refractivity contribution in [3.8, 4) is 0 Å². The van der Waals surface area contributed by atoms with E-state index in [0.29, 0.717) is 0 Å². The molecule has 0 unspecified atom stereocenters. The molecule has 0 bridgehead atoms. The Morgan fingerprint density at radius 2 is 0.800 bits per heavy atom. The summed E-state index contributed by atoms with van der Waals surface area (Å²) in [6.45, 7) is 0. The van der Waals surface area contributed by atoms with E-state index in [1.807, 2.05) is 0 Å². The van der Waals surface area contributed by atoms with Gasteiger partial charge >= 0.3 is 0 Å². The van der Waals surface area contributed by atoms with E-state index < -0.39 is 0 Å². The summed E-state index contributed by atoms with van der Waals surface area (Å²) in [5, 5.41) is 3.97. The fraction of sp³-hybridized carbons (Fsp3) is 0. The van der Waals surface area contributed by atoms with Gasteiger partial charge in [0.2, 0.25) is 0 Å². The maximum absolute atomic E-state index is 4.14. The van der Waals surface area contributed by atoms with Gasteiger partial charge < -0.3 is 16.4 Å².